The maximum atomic E-state index is 12.5. The summed E-state index contributed by atoms with van der Waals surface area (Å²) in [4.78, 5) is 12.0. The van der Waals surface area contributed by atoms with Crippen molar-refractivity contribution >= 4 is 10.0 Å². The molecule has 1 N–H and O–H groups in total. The van der Waals surface area contributed by atoms with Gasteiger partial charge >= 0.3 is 0 Å². The normalized spacial score (nSPS) is 11.4. The molecular weight excluding hydrogens is 386 g/mol. The van der Waals surface area contributed by atoms with Crippen LogP contribution in [0, 0.1) is 0 Å². The number of aromatic nitrogens is 2. The van der Waals surface area contributed by atoms with Crippen molar-refractivity contribution in [2.45, 2.75) is 11.4 Å². The summed E-state index contributed by atoms with van der Waals surface area (Å²) in [5.41, 5.74) is 0.132. The van der Waals surface area contributed by atoms with Crippen molar-refractivity contribution in [2.24, 2.45) is 0 Å². The third kappa shape index (κ3) is 4.24. The summed E-state index contributed by atoms with van der Waals surface area (Å²) in [6, 6.07) is 10.6. The van der Waals surface area contributed by atoms with Gasteiger partial charge in [0.1, 0.15) is 5.69 Å². The summed E-state index contributed by atoms with van der Waals surface area (Å²) in [5, 5.41) is 4.20. The van der Waals surface area contributed by atoms with E-state index in [1.54, 1.807) is 18.2 Å². The van der Waals surface area contributed by atoms with Crippen LogP contribution < -0.4 is 19.8 Å². The minimum atomic E-state index is -3.80. The number of rotatable bonds is 8. The molecule has 148 valence electrons. The first-order valence-electron chi connectivity index (χ1n) is 8.28. The van der Waals surface area contributed by atoms with Crippen molar-refractivity contribution in [3.05, 3.63) is 59.1 Å². The van der Waals surface area contributed by atoms with Crippen LogP contribution in [0.3, 0.4) is 0 Å². The standard InChI is InChI=1S/C18H19N3O6S/c1-25-16-7-5-13(12-17(16)26-2)28(23,24)19-9-10-21-18(22)8-6-14(20-21)15-4-3-11-27-15/h3-8,11-12,19H,9-10H2,1-2H3. The van der Waals surface area contributed by atoms with Crippen LogP contribution in [0.2, 0.25) is 0 Å². The van der Waals surface area contributed by atoms with Gasteiger partial charge in [0.05, 0.1) is 31.9 Å². The van der Waals surface area contributed by atoms with E-state index < -0.39 is 10.0 Å². The number of nitrogens with zero attached hydrogens (tertiary/aromatic N) is 2. The Morgan fingerprint density at radius 2 is 1.89 bits per heavy atom. The van der Waals surface area contributed by atoms with Crippen molar-refractivity contribution < 1.29 is 22.3 Å². The summed E-state index contributed by atoms with van der Waals surface area (Å²) in [7, 11) is -0.915. The van der Waals surface area contributed by atoms with Crippen LogP contribution in [-0.4, -0.2) is 39.0 Å². The van der Waals surface area contributed by atoms with Gasteiger partial charge in [-0.15, -0.1) is 0 Å². The molecule has 0 fully saturated rings. The van der Waals surface area contributed by atoms with E-state index in [2.05, 4.69) is 9.82 Å². The molecule has 10 heteroatoms. The van der Waals surface area contributed by atoms with Crippen LogP contribution in [0.4, 0.5) is 0 Å². The quantitative estimate of drug-likeness (QED) is 0.604. The molecule has 2 aromatic heterocycles. The van der Waals surface area contributed by atoms with Crippen LogP contribution in [0.5, 0.6) is 11.5 Å². The first kappa shape index (κ1) is 19.6. The molecule has 3 rings (SSSR count). The van der Waals surface area contributed by atoms with E-state index in [0.29, 0.717) is 23.0 Å². The van der Waals surface area contributed by atoms with Gasteiger partial charge in [-0.3, -0.25) is 4.79 Å². The molecule has 0 atom stereocenters. The first-order chi connectivity index (χ1) is 13.4. The Balaban J connectivity index is 1.72. The third-order valence-corrected chi connectivity index (χ3v) is 5.38. The Hall–Kier alpha value is -3.11. The topological polar surface area (TPSA) is 113 Å². The van der Waals surface area contributed by atoms with Crippen LogP contribution in [0.15, 0.2) is 62.8 Å². The summed E-state index contributed by atoms with van der Waals surface area (Å²) in [5.74, 6) is 1.24. The van der Waals surface area contributed by atoms with Gasteiger partial charge in [0.25, 0.3) is 5.56 Å². The maximum Gasteiger partial charge on any atom is 0.266 e. The minimum absolute atomic E-state index is 0.0226. The summed E-state index contributed by atoms with van der Waals surface area (Å²) in [6.07, 6.45) is 1.50. The molecule has 0 spiro atoms. The second-order valence-corrected chi connectivity index (χ2v) is 7.44. The monoisotopic (exact) mass is 405 g/mol. The molecule has 1 aromatic carbocycles. The highest BCUT2D eigenvalue weighted by molar-refractivity contribution is 7.89. The third-order valence-electron chi connectivity index (χ3n) is 3.92. The predicted octanol–water partition coefficient (Wildman–Crippen LogP) is 1.50. The van der Waals surface area contributed by atoms with Gasteiger partial charge in [-0.1, -0.05) is 0 Å². The van der Waals surface area contributed by atoms with Gasteiger partial charge in [0, 0.05) is 18.7 Å². The highest BCUT2D eigenvalue weighted by atomic mass is 32.2. The molecule has 0 saturated carbocycles. The van der Waals surface area contributed by atoms with Gasteiger partial charge in [-0.2, -0.15) is 5.10 Å². The van der Waals surface area contributed by atoms with Crippen molar-refractivity contribution in [3.8, 4) is 23.0 Å². The zero-order valence-electron chi connectivity index (χ0n) is 15.3. The molecular formula is C18H19N3O6S. The average Bonchev–Trinajstić information content (AvgIpc) is 3.23. The maximum absolute atomic E-state index is 12.5. The van der Waals surface area contributed by atoms with Gasteiger partial charge in [-0.25, -0.2) is 17.8 Å². The number of hydrogen-bond acceptors (Lipinski definition) is 7. The number of benzene rings is 1. The smallest absolute Gasteiger partial charge is 0.266 e. The van der Waals surface area contributed by atoms with Gasteiger partial charge < -0.3 is 13.9 Å². The molecule has 2 heterocycles. The Kier molecular flexibility index (Phi) is 5.81. The Labute approximate surface area is 161 Å². The van der Waals surface area contributed by atoms with E-state index >= 15 is 0 Å². The van der Waals surface area contributed by atoms with Crippen LogP contribution in [0.1, 0.15) is 0 Å². The Bertz CT molecular complexity index is 1110. The fourth-order valence-corrected chi connectivity index (χ4v) is 3.55. The SMILES string of the molecule is COc1ccc(S(=O)(=O)NCCn2nc(-c3ccco3)ccc2=O)cc1OC. The number of methoxy groups -OCH3 is 2. The van der Waals surface area contributed by atoms with Gasteiger partial charge in [0.2, 0.25) is 10.0 Å². The molecule has 0 aliphatic heterocycles. The largest absolute Gasteiger partial charge is 0.493 e. The number of hydrogen-bond donors (Lipinski definition) is 1. The fourth-order valence-electron chi connectivity index (χ4n) is 2.52. The molecule has 3 aromatic rings. The Morgan fingerprint density at radius 3 is 2.57 bits per heavy atom. The van der Waals surface area contributed by atoms with Gasteiger partial charge in [-0.05, 0) is 30.3 Å². The molecule has 0 saturated heterocycles. The number of furan rings is 1. The zero-order valence-corrected chi connectivity index (χ0v) is 16.1. The number of sulfonamides is 1. The van der Waals surface area contributed by atoms with Crippen molar-refractivity contribution in [1.82, 2.24) is 14.5 Å². The predicted molar refractivity (Wildman–Crippen MR) is 101 cm³/mol. The molecule has 0 unspecified atom stereocenters. The van der Waals surface area contributed by atoms with Crippen LogP contribution in [-0.2, 0) is 16.6 Å². The lowest BCUT2D eigenvalue weighted by atomic mass is 10.3. The van der Waals surface area contributed by atoms with Crippen molar-refractivity contribution in [3.63, 3.8) is 0 Å². The summed E-state index contributed by atoms with van der Waals surface area (Å²) < 4.78 is 44.1. The zero-order chi connectivity index (χ0) is 20.1. The first-order valence-corrected chi connectivity index (χ1v) is 9.76. The van der Waals surface area contributed by atoms with E-state index in [-0.39, 0.29) is 23.5 Å². The highest BCUT2D eigenvalue weighted by Gasteiger charge is 2.17. The van der Waals surface area contributed by atoms with E-state index in [9.17, 15) is 13.2 Å². The fraction of sp³-hybridized carbons (Fsp3) is 0.222. The molecule has 9 nitrogen and oxygen atoms in total. The van der Waals surface area contributed by atoms with Gasteiger partial charge in [0.15, 0.2) is 17.3 Å². The lowest BCUT2D eigenvalue weighted by molar-refractivity contribution is 0.354. The summed E-state index contributed by atoms with van der Waals surface area (Å²) >= 11 is 0. The lowest BCUT2D eigenvalue weighted by Crippen LogP contribution is -2.32. The second kappa shape index (κ2) is 8.28. The second-order valence-electron chi connectivity index (χ2n) is 5.67. The molecule has 0 aliphatic rings. The average molecular weight is 405 g/mol. The minimum Gasteiger partial charge on any atom is -0.493 e. The number of ether oxygens (including phenoxy) is 2. The molecule has 0 bridgehead atoms. The number of nitrogens with one attached hydrogen (secondary N) is 1. The van der Waals surface area contributed by atoms with Crippen LogP contribution >= 0.6 is 0 Å². The lowest BCUT2D eigenvalue weighted by Gasteiger charge is -2.11. The van der Waals surface area contributed by atoms with Crippen molar-refractivity contribution in [1.29, 1.82) is 0 Å². The molecule has 0 radical (unpaired) electrons. The molecule has 0 aliphatic carbocycles. The molecule has 28 heavy (non-hydrogen) atoms. The van der Waals surface area contributed by atoms with Crippen LogP contribution in [0.25, 0.3) is 11.5 Å². The highest BCUT2D eigenvalue weighted by Crippen LogP contribution is 2.29. The van der Waals surface area contributed by atoms with E-state index in [4.69, 9.17) is 13.9 Å². The van der Waals surface area contributed by atoms with E-state index in [1.807, 2.05) is 0 Å². The Morgan fingerprint density at radius 1 is 1.11 bits per heavy atom. The molecule has 0 amide bonds. The van der Waals surface area contributed by atoms with E-state index in [0.717, 1.165) is 0 Å². The van der Waals surface area contributed by atoms with Crippen molar-refractivity contribution in [2.75, 3.05) is 20.8 Å². The summed E-state index contributed by atoms with van der Waals surface area (Å²) in [6.45, 7) is 0.0328. The van der Waals surface area contributed by atoms with E-state index in [1.165, 1.54) is 49.4 Å².